The number of aryl methyl sites for hydroxylation is 1. The van der Waals surface area contributed by atoms with Gasteiger partial charge in [-0.1, -0.05) is 32.9 Å². The normalized spacial score (nSPS) is 11.1. The van der Waals surface area contributed by atoms with Crippen molar-refractivity contribution in [3.8, 4) is 17.0 Å². The highest BCUT2D eigenvalue weighted by Crippen LogP contribution is 2.29. The third kappa shape index (κ3) is 3.57. The second-order valence-electron chi connectivity index (χ2n) is 5.77. The third-order valence-corrected chi connectivity index (χ3v) is 3.33. The van der Waals surface area contributed by atoms with E-state index in [1.807, 2.05) is 31.2 Å². The number of nitrogen functional groups attached to an aromatic ring is 1. The van der Waals surface area contributed by atoms with Crippen molar-refractivity contribution in [2.45, 2.75) is 40.7 Å². The van der Waals surface area contributed by atoms with Crippen LogP contribution in [0, 0.1) is 12.8 Å². The Bertz CT molecular complexity index is 602. The number of benzene rings is 1. The maximum Gasteiger partial charge on any atom is 0.131 e. The smallest absolute Gasteiger partial charge is 0.131 e. The van der Waals surface area contributed by atoms with Gasteiger partial charge in [0.05, 0.1) is 6.61 Å². The summed E-state index contributed by atoms with van der Waals surface area (Å²) in [5, 5.41) is 0. The molecule has 1 aromatic heterocycles. The van der Waals surface area contributed by atoms with Crippen LogP contribution in [-0.2, 0) is 6.54 Å². The van der Waals surface area contributed by atoms with Crippen molar-refractivity contribution in [2.24, 2.45) is 5.92 Å². The standard InChI is InChI=1S/C17H25N3O/c1-5-9-21-15-8-6-7-14(10-15)16-17(18)20(11-12(2)3)13(4)19-16/h6-8,10,12H,5,9,11,18H2,1-4H3. The first-order valence-corrected chi connectivity index (χ1v) is 7.58. The molecule has 1 aromatic carbocycles. The van der Waals surface area contributed by atoms with Gasteiger partial charge >= 0.3 is 0 Å². The van der Waals surface area contributed by atoms with Crippen molar-refractivity contribution in [1.29, 1.82) is 0 Å². The number of hydrogen-bond acceptors (Lipinski definition) is 3. The van der Waals surface area contributed by atoms with Gasteiger partial charge in [-0.25, -0.2) is 4.98 Å². The van der Waals surface area contributed by atoms with Gasteiger partial charge in [0.15, 0.2) is 0 Å². The molecule has 0 aliphatic rings. The number of imidazole rings is 1. The highest BCUT2D eigenvalue weighted by atomic mass is 16.5. The molecular formula is C17H25N3O. The van der Waals surface area contributed by atoms with E-state index in [1.165, 1.54) is 0 Å². The molecule has 0 unspecified atom stereocenters. The summed E-state index contributed by atoms with van der Waals surface area (Å²) >= 11 is 0. The maximum absolute atomic E-state index is 6.29. The summed E-state index contributed by atoms with van der Waals surface area (Å²) in [4.78, 5) is 4.64. The molecule has 0 spiro atoms. The molecular weight excluding hydrogens is 262 g/mol. The Morgan fingerprint density at radius 2 is 2.10 bits per heavy atom. The number of ether oxygens (including phenoxy) is 1. The summed E-state index contributed by atoms with van der Waals surface area (Å²) in [7, 11) is 0. The molecule has 0 radical (unpaired) electrons. The van der Waals surface area contributed by atoms with Crippen molar-refractivity contribution in [3.63, 3.8) is 0 Å². The summed E-state index contributed by atoms with van der Waals surface area (Å²) in [6.45, 7) is 10.1. The minimum absolute atomic E-state index is 0.535. The number of aromatic nitrogens is 2. The van der Waals surface area contributed by atoms with Gasteiger partial charge in [-0.15, -0.1) is 0 Å². The van der Waals surface area contributed by atoms with E-state index in [1.54, 1.807) is 0 Å². The summed E-state index contributed by atoms with van der Waals surface area (Å²) in [6.07, 6.45) is 0.995. The van der Waals surface area contributed by atoms with E-state index >= 15 is 0 Å². The van der Waals surface area contributed by atoms with Crippen LogP contribution in [0.4, 0.5) is 5.82 Å². The van der Waals surface area contributed by atoms with Crippen LogP contribution in [0.25, 0.3) is 11.3 Å². The first-order chi connectivity index (χ1) is 10.0. The van der Waals surface area contributed by atoms with E-state index in [2.05, 4.69) is 30.3 Å². The quantitative estimate of drug-likeness (QED) is 0.877. The number of nitrogens with zero attached hydrogens (tertiary/aromatic N) is 2. The predicted octanol–water partition coefficient (Wildman–Crippen LogP) is 3.89. The van der Waals surface area contributed by atoms with Crippen LogP contribution in [0.1, 0.15) is 33.0 Å². The van der Waals surface area contributed by atoms with Crippen LogP contribution in [0.2, 0.25) is 0 Å². The maximum atomic E-state index is 6.29. The molecule has 2 rings (SSSR count). The van der Waals surface area contributed by atoms with E-state index in [0.29, 0.717) is 5.92 Å². The van der Waals surface area contributed by atoms with Gasteiger partial charge in [-0.3, -0.25) is 0 Å². The topological polar surface area (TPSA) is 53.1 Å². The zero-order valence-corrected chi connectivity index (χ0v) is 13.4. The van der Waals surface area contributed by atoms with E-state index in [-0.39, 0.29) is 0 Å². The Morgan fingerprint density at radius 1 is 1.33 bits per heavy atom. The van der Waals surface area contributed by atoms with Crippen LogP contribution in [0.5, 0.6) is 5.75 Å². The lowest BCUT2D eigenvalue weighted by molar-refractivity contribution is 0.317. The molecule has 114 valence electrons. The lowest BCUT2D eigenvalue weighted by Crippen LogP contribution is -2.09. The van der Waals surface area contributed by atoms with Crippen LogP contribution in [-0.4, -0.2) is 16.2 Å². The molecule has 4 nitrogen and oxygen atoms in total. The second kappa shape index (κ2) is 6.66. The van der Waals surface area contributed by atoms with Gasteiger partial charge in [-0.2, -0.15) is 0 Å². The second-order valence-corrected chi connectivity index (χ2v) is 5.77. The fourth-order valence-corrected chi connectivity index (χ4v) is 2.34. The molecule has 2 aromatic rings. The van der Waals surface area contributed by atoms with Gasteiger partial charge in [0.2, 0.25) is 0 Å². The van der Waals surface area contributed by atoms with Gasteiger partial charge < -0.3 is 15.0 Å². The molecule has 0 amide bonds. The zero-order chi connectivity index (χ0) is 15.4. The monoisotopic (exact) mass is 287 g/mol. The van der Waals surface area contributed by atoms with E-state index in [0.717, 1.165) is 48.2 Å². The highest BCUT2D eigenvalue weighted by Gasteiger charge is 2.14. The molecule has 2 N–H and O–H groups in total. The average Bonchev–Trinajstić information content (AvgIpc) is 2.73. The van der Waals surface area contributed by atoms with Crippen LogP contribution in [0.15, 0.2) is 24.3 Å². The molecule has 0 bridgehead atoms. The number of nitrogens with two attached hydrogens (primary N) is 1. The first kappa shape index (κ1) is 15.4. The predicted molar refractivity (Wildman–Crippen MR) is 87.4 cm³/mol. The number of anilines is 1. The molecule has 0 aliphatic carbocycles. The number of hydrogen-bond donors (Lipinski definition) is 1. The van der Waals surface area contributed by atoms with Crippen molar-refractivity contribution < 1.29 is 4.74 Å². The lowest BCUT2D eigenvalue weighted by atomic mass is 10.1. The van der Waals surface area contributed by atoms with Crippen molar-refractivity contribution in [1.82, 2.24) is 9.55 Å². The van der Waals surface area contributed by atoms with E-state index < -0.39 is 0 Å². The molecule has 0 atom stereocenters. The lowest BCUT2D eigenvalue weighted by Gasteiger charge is -2.10. The third-order valence-electron chi connectivity index (χ3n) is 3.33. The van der Waals surface area contributed by atoms with Crippen LogP contribution < -0.4 is 10.5 Å². The van der Waals surface area contributed by atoms with Crippen molar-refractivity contribution in [2.75, 3.05) is 12.3 Å². The van der Waals surface area contributed by atoms with Crippen LogP contribution in [0.3, 0.4) is 0 Å². The fraction of sp³-hybridized carbons (Fsp3) is 0.471. The molecule has 0 saturated carbocycles. The number of rotatable bonds is 6. The van der Waals surface area contributed by atoms with Crippen molar-refractivity contribution in [3.05, 3.63) is 30.1 Å². The minimum Gasteiger partial charge on any atom is -0.494 e. The van der Waals surface area contributed by atoms with Gasteiger partial charge in [-0.05, 0) is 31.4 Å². The summed E-state index contributed by atoms with van der Waals surface area (Å²) < 4.78 is 7.77. The van der Waals surface area contributed by atoms with Crippen LogP contribution >= 0.6 is 0 Å². The Morgan fingerprint density at radius 3 is 2.76 bits per heavy atom. The minimum atomic E-state index is 0.535. The average molecular weight is 287 g/mol. The van der Waals surface area contributed by atoms with E-state index in [4.69, 9.17) is 10.5 Å². The Balaban J connectivity index is 2.34. The SMILES string of the molecule is CCCOc1cccc(-c2nc(C)n(CC(C)C)c2N)c1. The van der Waals surface area contributed by atoms with Gasteiger partial charge in [0.1, 0.15) is 23.1 Å². The molecule has 0 aliphatic heterocycles. The molecule has 0 fully saturated rings. The highest BCUT2D eigenvalue weighted by molar-refractivity contribution is 5.72. The Kier molecular flexibility index (Phi) is 4.89. The van der Waals surface area contributed by atoms with E-state index in [9.17, 15) is 0 Å². The summed E-state index contributed by atoms with van der Waals surface area (Å²) in [5.41, 5.74) is 8.14. The molecule has 4 heteroatoms. The molecule has 0 saturated heterocycles. The zero-order valence-electron chi connectivity index (χ0n) is 13.4. The first-order valence-electron chi connectivity index (χ1n) is 7.58. The summed E-state index contributed by atoms with van der Waals surface area (Å²) in [5.74, 6) is 3.09. The largest absolute Gasteiger partial charge is 0.494 e. The Labute approximate surface area is 127 Å². The van der Waals surface area contributed by atoms with Gasteiger partial charge in [0, 0.05) is 12.1 Å². The van der Waals surface area contributed by atoms with Gasteiger partial charge in [0.25, 0.3) is 0 Å². The Hall–Kier alpha value is -1.97. The fourth-order valence-electron chi connectivity index (χ4n) is 2.34. The molecule has 21 heavy (non-hydrogen) atoms. The van der Waals surface area contributed by atoms with Crippen molar-refractivity contribution >= 4 is 5.82 Å². The summed E-state index contributed by atoms with van der Waals surface area (Å²) in [6, 6.07) is 7.98. The molecule has 1 heterocycles.